The van der Waals surface area contributed by atoms with Crippen molar-refractivity contribution in [1.29, 1.82) is 0 Å². The maximum atomic E-state index is 12.9. The van der Waals surface area contributed by atoms with Gasteiger partial charge in [0.2, 0.25) is 0 Å². The molecule has 0 unspecified atom stereocenters. The van der Waals surface area contributed by atoms with Gasteiger partial charge in [-0.2, -0.15) is 0 Å². The standard InChI is InChI=1S/C9H8FNO/c10-8-4-1-5-9(12)7(8)3-2-6-11/h1,4-5,12H,6,11H2. The van der Waals surface area contributed by atoms with Gasteiger partial charge in [0.25, 0.3) is 0 Å². The van der Waals surface area contributed by atoms with Crippen molar-refractivity contribution in [3.8, 4) is 17.6 Å². The Labute approximate surface area is 69.8 Å². The summed E-state index contributed by atoms with van der Waals surface area (Å²) in [5.41, 5.74) is 5.10. The van der Waals surface area contributed by atoms with Crippen molar-refractivity contribution in [3.63, 3.8) is 0 Å². The van der Waals surface area contributed by atoms with Crippen LogP contribution in [-0.4, -0.2) is 11.7 Å². The Morgan fingerprint density at radius 3 is 2.83 bits per heavy atom. The van der Waals surface area contributed by atoms with E-state index in [9.17, 15) is 4.39 Å². The van der Waals surface area contributed by atoms with Crippen LogP contribution < -0.4 is 5.73 Å². The van der Waals surface area contributed by atoms with Crippen molar-refractivity contribution < 1.29 is 9.50 Å². The van der Waals surface area contributed by atoms with Gasteiger partial charge in [0.15, 0.2) is 0 Å². The van der Waals surface area contributed by atoms with E-state index in [-0.39, 0.29) is 17.9 Å². The van der Waals surface area contributed by atoms with Crippen LogP contribution in [-0.2, 0) is 0 Å². The molecule has 0 saturated heterocycles. The number of hydrogen-bond donors (Lipinski definition) is 2. The molecule has 0 atom stereocenters. The summed E-state index contributed by atoms with van der Waals surface area (Å²) in [6, 6.07) is 4.03. The topological polar surface area (TPSA) is 46.2 Å². The van der Waals surface area contributed by atoms with E-state index in [4.69, 9.17) is 10.8 Å². The van der Waals surface area contributed by atoms with Gasteiger partial charge in [-0.15, -0.1) is 0 Å². The first-order valence-corrected chi connectivity index (χ1v) is 3.42. The van der Waals surface area contributed by atoms with Crippen LogP contribution >= 0.6 is 0 Å². The van der Waals surface area contributed by atoms with Crippen LogP contribution in [0.5, 0.6) is 5.75 Å². The van der Waals surface area contributed by atoms with Crippen molar-refractivity contribution in [2.75, 3.05) is 6.54 Å². The second-order valence-electron chi connectivity index (χ2n) is 2.14. The number of nitrogens with two attached hydrogens (primary N) is 1. The number of halogens is 1. The predicted octanol–water partition coefficient (Wildman–Crippen LogP) is 0.842. The Morgan fingerprint density at radius 1 is 1.50 bits per heavy atom. The van der Waals surface area contributed by atoms with E-state index in [0.717, 1.165) is 0 Å². The highest BCUT2D eigenvalue weighted by molar-refractivity contribution is 5.46. The molecule has 3 heteroatoms. The summed E-state index contributed by atoms with van der Waals surface area (Å²) in [5, 5.41) is 9.13. The third kappa shape index (κ3) is 1.74. The quantitative estimate of drug-likeness (QED) is 0.559. The van der Waals surface area contributed by atoms with Crippen LogP contribution in [0.3, 0.4) is 0 Å². The Hall–Kier alpha value is -1.53. The molecule has 1 aromatic rings. The fourth-order valence-corrected chi connectivity index (χ4v) is 0.776. The molecule has 0 saturated carbocycles. The maximum absolute atomic E-state index is 12.9. The monoisotopic (exact) mass is 165 g/mol. The summed E-state index contributed by atoms with van der Waals surface area (Å²) in [6.07, 6.45) is 0. The average molecular weight is 165 g/mol. The number of rotatable bonds is 0. The van der Waals surface area contributed by atoms with Crippen molar-refractivity contribution in [3.05, 3.63) is 29.6 Å². The Balaban J connectivity index is 3.13. The lowest BCUT2D eigenvalue weighted by Crippen LogP contribution is -1.93. The zero-order valence-electron chi connectivity index (χ0n) is 6.34. The highest BCUT2D eigenvalue weighted by Gasteiger charge is 2.02. The van der Waals surface area contributed by atoms with Gasteiger partial charge in [-0.25, -0.2) is 4.39 Å². The molecule has 12 heavy (non-hydrogen) atoms. The Morgan fingerprint density at radius 2 is 2.25 bits per heavy atom. The van der Waals surface area contributed by atoms with E-state index in [1.54, 1.807) is 0 Å². The molecule has 0 heterocycles. The molecule has 1 aromatic carbocycles. The van der Waals surface area contributed by atoms with Crippen LogP contribution in [0.2, 0.25) is 0 Å². The molecule has 0 bridgehead atoms. The van der Waals surface area contributed by atoms with E-state index in [0.29, 0.717) is 0 Å². The Kier molecular flexibility index (Phi) is 2.67. The average Bonchev–Trinajstić information content (AvgIpc) is 2.04. The van der Waals surface area contributed by atoms with Crippen molar-refractivity contribution in [1.82, 2.24) is 0 Å². The summed E-state index contributed by atoms with van der Waals surface area (Å²) < 4.78 is 12.9. The molecule has 0 aromatic heterocycles. The highest BCUT2D eigenvalue weighted by atomic mass is 19.1. The third-order valence-corrected chi connectivity index (χ3v) is 1.31. The van der Waals surface area contributed by atoms with E-state index in [1.807, 2.05) is 0 Å². The minimum Gasteiger partial charge on any atom is -0.507 e. The molecule has 0 spiro atoms. The SMILES string of the molecule is NCC#Cc1c(O)cccc1F. The first kappa shape index (κ1) is 8.57. The second-order valence-corrected chi connectivity index (χ2v) is 2.14. The molecule has 0 radical (unpaired) electrons. The summed E-state index contributed by atoms with van der Waals surface area (Å²) >= 11 is 0. The first-order chi connectivity index (χ1) is 5.75. The van der Waals surface area contributed by atoms with Crippen molar-refractivity contribution in [2.24, 2.45) is 5.73 Å². The van der Waals surface area contributed by atoms with Gasteiger partial charge in [0.1, 0.15) is 17.1 Å². The van der Waals surface area contributed by atoms with Gasteiger partial charge in [0, 0.05) is 0 Å². The maximum Gasteiger partial charge on any atom is 0.142 e. The lowest BCUT2D eigenvalue weighted by atomic mass is 10.2. The van der Waals surface area contributed by atoms with Gasteiger partial charge >= 0.3 is 0 Å². The van der Waals surface area contributed by atoms with Crippen LogP contribution in [0.4, 0.5) is 4.39 Å². The largest absolute Gasteiger partial charge is 0.507 e. The first-order valence-electron chi connectivity index (χ1n) is 3.42. The number of benzene rings is 1. The molecular formula is C9H8FNO. The molecule has 0 aliphatic rings. The molecule has 3 N–H and O–H groups in total. The summed E-state index contributed by atoms with van der Waals surface area (Å²) in [4.78, 5) is 0. The fourth-order valence-electron chi connectivity index (χ4n) is 0.776. The van der Waals surface area contributed by atoms with Gasteiger partial charge in [-0.3, -0.25) is 0 Å². The molecule has 0 amide bonds. The number of phenolic OH excluding ortho intramolecular Hbond substituents is 1. The van der Waals surface area contributed by atoms with E-state index >= 15 is 0 Å². The molecule has 0 aliphatic carbocycles. The normalized spacial score (nSPS) is 8.83. The third-order valence-electron chi connectivity index (χ3n) is 1.31. The van der Waals surface area contributed by atoms with Gasteiger partial charge in [-0.1, -0.05) is 17.9 Å². The van der Waals surface area contributed by atoms with Crippen molar-refractivity contribution >= 4 is 0 Å². The molecule has 0 fully saturated rings. The molecule has 62 valence electrons. The minimum atomic E-state index is -0.532. The van der Waals surface area contributed by atoms with E-state index in [2.05, 4.69) is 11.8 Å². The highest BCUT2D eigenvalue weighted by Crippen LogP contribution is 2.17. The van der Waals surface area contributed by atoms with Crippen LogP contribution in [0.15, 0.2) is 18.2 Å². The molecule has 2 nitrogen and oxygen atoms in total. The van der Waals surface area contributed by atoms with E-state index in [1.165, 1.54) is 18.2 Å². The number of phenols is 1. The molecule has 0 aliphatic heterocycles. The van der Waals surface area contributed by atoms with Crippen LogP contribution in [0.25, 0.3) is 0 Å². The zero-order chi connectivity index (χ0) is 8.97. The zero-order valence-corrected chi connectivity index (χ0v) is 6.34. The molecular weight excluding hydrogens is 157 g/mol. The lowest BCUT2D eigenvalue weighted by Gasteiger charge is -1.96. The van der Waals surface area contributed by atoms with Gasteiger partial charge in [-0.05, 0) is 12.1 Å². The minimum absolute atomic E-state index is 0.00273. The lowest BCUT2D eigenvalue weighted by molar-refractivity contribution is 0.467. The summed E-state index contributed by atoms with van der Waals surface area (Å²) in [6.45, 7) is 0.147. The smallest absolute Gasteiger partial charge is 0.142 e. The van der Waals surface area contributed by atoms with Crippen LogP contribution in [0.1, 0.15) is 5.56 Å². The molecule has 1 rings (SSSR count). The Bertz CT molecular complexity index is 318. The fraction of sp³-hybridized carbons (Fsp3) is 0.111. The van der Waals surface area contributed by atoms with Crippen molar-refractivity contribution in [2.45, 2.75) is 0 Å². The predicted molar refractivity (Wildman–Crippen MR) is 44.0 cm³/mol. The van der Waals surface area contributed by atoms with Crippen LogP contribution in [0, 0.1) is 17.7 Å². The summed E-state index contributed by atoms with van der Waals surface area (Å²) in [5.74, 6) is 4.22. The number of aromatic hydroxyl groups is 1. The van der Waals surface area contributed by atoms with E-state index < -0.39 is 5.82 Å². The van der Waals surface area contributed by atoms with Gasteiger partial charge < -0.3 is 10.8 Å². The van der Waals surface area contributed by atoms with Gasteiger partial charge in [0.05, 0.1) is 6.54 Å². The number of hydrogen-bond acceptors (Lipinski definition) is 2. The second kappa shape index (κ2) is 3.74. The summed E-state index contributed by atoms with van der Waals surface area (Å²) in [7, 11) is 0.